The first-order valence-electron chi connectivity index (χ1n) is 13.7. The molecule has 2 aliphatic rings. The lowest BCUT2D eigenvalue weighted by molar-refractivity contribution is 0.0602. The molecule has 0 radical (unpaired) electrons. The standard InChI is InChI=1S/C33H34N4O2/c1-24-29-30(25(2)37(24)28-16-10-5-11-17-28)33(39)36(32(29)38)23-20-34-18-21-35(22-19-34)31(26-12-6-3-7-13-26)27-14-8-4-9-15-27/h3-17,31H,18-23H2,1-2H3. The minimum absolute atomic E-state index is 0.169. The van der Waals surface area contributed by atoms with Crippen LogP contribution in [-0.4, -0.2) is 70.3 Å². The summed E-state index contributed by atoms with van der Waals surface area (Å²) in [5.41, 5.74) is 6.34. The van der Waals surface area contributed by atoms with Crippen molar-refractivity contribution in [2.24, 2.45) is 0 Å². The van der Waals surface area contributed by atoms with Crippen LogP contribution in [0.5, 0.6) is 0 Å². The van der Waals surface area contributed by atoms with Gasteiger partial charge >= 0.3 is 0 Å². The maximum atomic E-state index is 13.4. The average Bonchev–Trinajstić information content (AvgIpc) is 3.39. The van der Waals surface area contributed by atoms with Gasteiger partial charge in [-0.05, 0) is 37.1 Å². The smallest absolute Gasteiger partial charge is 0.263 e. The quantitative estimate of drug-likeness (QED) is 0.320. The molecule has 6 heteroatoms. The zero-order valence-corrected chi connectivity index (χ0v) is 22.6. The summed E-state index contributed by atoms with van der Waals surface area (Å²) in [5, 5.41) is 0. The molecule has 1 aromatic heterocycles. The van der Waals surface area contributed by atoms with Crippen molar-refractivity contribution in [3.05, 3.63) is 125 Å². The molecule has 1 fully saturated rings. The number of para-hydroxylation sites is 1. The summed E-state index contributed by atoms with van der Waals surface area (Å²) in [5.74, 6) is -0.339. The lowest BCUT2D eigenvalue weighted by Crippen LogP contribution is -2.50. The van der Waals surface area contributed by atoms with E-state index in [9.17, 15) is 9.59 Å². The fourth-order valence-corrected chi connectivity index (χ4v) is 6.26. The number of aromatic nitrogens is 1. The number of hydrogen-bond donors (Lipinski definition) is 0. The summed E-state index contributed by atoms with van der Waals surface area (Å²) in [6.07, 6.45) is 0. The Kier molecular flexibility index (Phi) is 6.90. The Bertz CT molecular complexity index is 1390. The highest BCUT2D eigenvalue weighted by Gasteiger charge is 2.41. The van der Waals surface area contributed by atoms with Crippen LogP contribution in [0.2, 0.25) is 0 Å². The van der Waals surface area contributed by atoms with E-state index in [4.69, 9.17) is 0 Å². The lowest BCUT2D eigenvalue weighted by atomic mass is 9.96. The molecule has 39 heavy (non-hydrogen) atoms. The maximum Gasteiger partial charge on any atom is 0.263 e. The predicted molar refractivity (Wildman–Crippen MR) is 153 cm³/mol. The third-order valence-electron chi connectivity index (χ3n) is 8.22. The number of amides is 2. The van der Waals surface area contributed by atoms with Gasteiger partial charge in [0.1, 0.15) is 0 Å². The van der Waals surface area contributed by atoms with Gasteiger partial charge in [0.15, 0.2) is 0 Å². The summed E-state index contributed by atoms with van der Waals surface area (Å²) in [7, 11) is 0. The number of carbonyl (C=O) groups excluding carboxylic acids is 2. The molecule has 0 bridgehead atoms. The molecule has 6 rings (SSSR count). The van der Waals surface area contributed by atoms with Crippen molar-refractivity contribution < 1.29 is 9.59 Å². The second-order valence-electron chi connectivity index (χ2n) is 10.5. The van der Waals surface area contributed by atoms with Crippen LogP contribution in [0, 0.1) is 13.8 Å². The van der Waals surface area contributed by atoms with E-state index in [1.54, 1.807) is 0 Å². The van der Waals surface area contributed by atoms with Crippen molar-refractivity contribution >= 4 is 11.8 Å². The number of piperazine rings is 1. The Morgan fingerprint density at radius 1 is 0.615 bits per heavy atom. The highest BCUT2D eigenvalue weighted by molar-refractivity contribution is 6.22. The van der Waals surface area contributed by atoms with Crippen molar-refractivity contribution in [3.8, 4) is 5.69 Å². The minimum atomic E-state index is -0.169. The SMILES string of the molecule is Cc1c2c(c(C)n1-c1ccccc1)C(=O)N(CCN1CCN(C(c3ccccc3)c3ccccc3)CC1)C2=O. The van der Waals surface area contributed by atoms with Gasteiger partial charge in [0.05, 0.1) is 17.2 Å². The van der Waals surface area contributed by atoms with Gasteiger partial charge in [-0.15, -0.1) is 0 Å². The Labute approximate surface area is 230 Å². The zero-order chi connectivity index (χ0) is 26.9. The van der Waals surface area contributed by atoms with Gasteiger partial charge in [0, 0.05) is 56.3 Å². The highest BCUT2D eigenvalue weighted by Crippen LogP contribution is 2.33. The molecule has 0 saturated carbocycles. The normalized spacial score (nSPS) is 16.3. The Hall–Kier alpha value is -4.00. The Morgan fingerprint density at radius 2 is 1.08 bits per heavy atom. The van der Waals surface area contributed by atoms with Crippen molar-refractivity contribution in [1.82, 2.24) is 19.3 Å². The van der Waals surface area contributed by atoms with Gasteiger partial charge in [0.25, 0.3) is 11.8 Å². The summed E-state index contributed by atoms with van der Waals surface area (Å²) in [4.78, 5) is 33.2. The second-order valence-corrected chi connectivity index (χ2v) is 10.5. The fraction of sp³-hybridized carbons (Fsp3) is 0.273. The molecule has 0 unspecified atom stereocenters. The summed E-state index contributed by atoms with van der Waals surface area (Å²) in [6, 6.07) is 31.5. The monoisotopic (exact) mass is 518 g/mol. The van der Waals surface area contributed by atoms with E-state index >= 15 is 0 Å². The first-order valence-corrected chi connectivity index (χ1v) is 13.7. The molecule has 2 amide bonds. The molecular weight excluding hydrogens is 484 g/mol. The first kappa shape index (κ1) is 25.3. The topological polar surface area (TPSA) is 48.8 Å². The fourth-order valence-electron chi connectivity index (χ4n) is 6.26. The van der Waals surface area contributed by atoms with E-state index in [2.05, 4.69) is 70.5 Å². The van der Waals surface area contributed by atoms with Crippen LogP contribution in [0.25, 0.3) is 5.69 Å². The van der Waals surface area contributed by atoms with Crippen molar-refractivity contribution in [2.45, 2.75) is 19.9 Å². The van der Waals surface area contributed by atoms with E-state index in [-0.39, 0.29) is 17.9 Å². The summed E-state index contributed by atoms with van der Waals surface area (Å²) >= 11 is 0. The summed E-state index contributed by atoms with van der Waals surface area (Å²) < 4.78 is 2.02. The van der Waals surface area contributed by atoms with Gasteiger partial charge in [0.2, 0.25) is 0 Å². The number of benzene rings is 3. The maximum absolute atomic E-state index is 13.4. The molecule has 2 aliphatic heterocycles. The molecule has 6 nitrogen and oxygen atoms in total. The van der Waals surface area contributed by atoms with Crippen LogP contribution in [0.1, 0.15) is 49.3 Å². The number of carbonyl (C=O) groups is 2. The molecule has 0 spiro atoms. The largest absolute Gasteiger partial charge is 0.317 e. The molecule has 198 valence electrons. The number of nitrogens with zero attached hydrogens (tertiary/aromatic N) is 4. The number of imide groups is 1. The predicted octanol–water partition coefficient (Wildman–Crippen LogP) is 5.10. The molecule has 0 atom stereocenters. The van der Waals surface area contributed by atoms with Crippen LogP contribution in [0.4, 0.5) is 0 Å². The molecule has 1 saturated heterocycles. The molecule has 3 heterocycles. The van der Waals surface area contributed by atoms with E-state index in [1.807, 2.05) is 48.7 Å². The number of rotatable bonds is 7. The van der Waals surface area contributed by atoms with Crippen LogP contribution in [0.3, 0.4) is 0 Å². The molecule has 3 aromatic carbocycles. The van der Waals surface area contributed by atoms with Crippen LogP contribution < -0.4 is 0 Å². The third kappa shape index (κ3) is 4.60. The molecular formula is C33H34N4O2. The van der Waals surface area contributed by atoms with Crippen molar-refractivity contribution in [3.63, 3.8) is 0 Å². The zero-order valence-electron chi connectivity index (χ0n) is 22.6. The second kappa shape index (κ2) is 10.6. The van der Waals surface area contributed by atoms with Crippen LogP contribution >= 0.6 is 0 Å². The van der Waals surface area contributed by atoms with Gasteiger partial charge in [-0.2, -0.15) is 0 Å². The van der Waals surface area contributed by atoms with Gasteiger partial charge < -0.3 is 4.57 Å². The van der Waals surface area contributed by atoms with E-state index < -0.39 is 0 Å². The summed E-state index contributed by atoms with van der Waals surface area (Å²) in [6.45, 7) is 8.62. The molecule has 0 aliphatic carbocycles. The van der Waals surface area contributed by atoms with Gasteiger partial charge in [-0.1, -0.05) is 78.9 Å². The Balaban J connectivity index is 1.12. The van der Waals surface area contributed by atoms with E-state index in [0.29, 0.717) is 24.2 Å². The van der Waals surface area contributed by atoms with Gasteiger partial charge in [-0.25, -0.2) is 0 Å². The van der Waals surface area contributed by atoms with Crippen LogP contribution in [-0.2, 0) is 0 Å². The lowest BCUT2D eigenvalue weighted by Gasteiger charge is -2.40. The Morgan fingerprint density at radius 3 is 1.56 bits per heavy atom. The van der Waals surface area contributed by atoms with Crippen molar-refractivity contribution in [2.75, 3.05) is 39.3 Å². The molecule has 4 aromatic rings. The molecule has 0 N–H and O–H groups in total. The van der Waals surface area contributed by atoms with E-state index in [1.165, 1.54) is 16.0 Å². The minimum Gasteiger partial charge on any atom is -0.317 e. The van der Waals surface area contributed by atoms with Crippen LogP contribution in [0.15, 0.2) is 91.0 Å². The first-order chi connectivity index (χ1) is 19.0. The van der Waals surface area contributed by atoms with Crippen molar-refractivity contribution in [1.29, 1.82) is 0 Å². The highest BCUT2D eigenvalue weighted by atomic mass is 16.2. The third-order valence-corrected chi connectivity index (χ3v) is 8.22. The number of fused-ring (bicyclic) bond motifs is 1. The number of hydrogen-bond acceptors (Lipinski definition) is 4. The average molecular weight is 519 g/mol. The van der Waals surface area contributed by atoms with E-state index in [0.717, 1.165) is 43.3 Å². The van der Waals surface area contributed by atoms with Gasteiger partial charge in [-0.3, -0.25) is 24.3 Å².